The number of carboxylic acid groups (broad SMARTS) is 1. The van der Waals surface area contributed by atoms with Crippen LogP contribution >= 0.6 is 27.7 Å². The third kappa shape index (κ3) is 6.01. The summed E-state index contributed by atoms with van der Waals surface area (Å²) >= 11 is 3.75. The molecule has 0 radical (unpaired) electrons. The molecule has 156 valence electrons. The number of carboxylic acids is 1. The number of carbonyl (C=O) groups is 2. The number of nitrogens with one attached hydrogen (secondary N) is 1. The predicted molar refractivity (Wildman–Crippen MR) is 112 cm³/mol. The second-order valence-corrected chi connectivity index (χ2v) is 7.89. The number of alkyl halides is 2. The maximum atomic E-state index is 13.4. The van der Waals surface area contributed by atoms with Crippen molar-refractivity contribution in [3.05, 3.63) is 52.8 Å². The molecule has 0 aliphatic rings. The molecule has 0 spiro atoms. The second kappa shape index (κ2) is 10.2. The van der Waals surface area contributed by atoms with E-state index in [0.29, 0.717) is 34.0 Å². The van der Waals surface area contributed by atoms with Gasteiger partial charge in [0.25, 0.3) is 5.25 Å². The number of aliphatic carboxylic acids is 1. The normalized spacial score (nSPS) is 10.6. The Hall–Kier alpha value is -2.97. The lowest BCUT2D eigenvalue weighted by Crippen LogP contribution is -2.20. The lowest BCUT2D eigenvalue weighted by atomic mass is 10.0. The number of hydrogen-bond acceptors (Lipinski definition) is 5. The van der Waals surface area contributed by atoms with E-state index in [4.69, 9.17) is 5.11 Å². The Balaban J connectivity index is 0.000000396. The Morgan fingerprint density at radius 3 is 2.57 bits per heavy atom. The van der Waals surface area contributed by atoms with Crippen LogP contribution in [0, 0.1) is 11.3 Å². The van der Waals surface area contributed by atoms with Crippen LogP contribution < -0.4 is 5.32 Å². The molecule has 7 nitrogen and oxygen atoms in total. The van der Waals surface area contributed by atoms with Gasteiger partial charge in [-0.3, -0.25) is 14.2 Å². The molecule has 2 aromatic carbocycles. The van der Waals surface area contributed by atoms with Gasteiger partial charge in [0.05, 0.1) is 23.5 Å². The standard InChI is InChI=1S/C16H10BrF2N3S.C3H5NO3/c1-16(18,19)23-15-21-9-14(17)22(15)13-7-6-10(8-20)11-4-2-3-5-12(11)13;5-2-4-1-3(6)7/h2-7,9H,1H3;2H,1H2,(H,4,5)(H,6,7). The van der Waals surface area contributed by atoms with Gasteiger partial charge in [-0.2, -0.15) is 14.0 Å². The van der Waals surface area contributed by atoms with Gasteiger partial charge in [-0.25, -0.2) is 4.98 Å². The highest BCUT2D eigenvalue weighted by molar-refractivity contribution is 9.10. The monoisotopic (exact) mass is 496 g/mol. The highest BCUT2D eigenvalue weighted by Crippen LogP contribution is 2.38. The summed E-state index contributed by atoms with van der Waals surface area (Å²) in [4.78, 5) is 22.9. The van der Waals surface area contributed by atoms with Crippen LogP contribution in [0.4, 0.5) is 8.78 Å². The highest BCUT2D eigenvalue weighted by atomic mass is 79.9. The van der Waals surface area contributed by atoms with Crippen LogP contribution in [-0.4, -0.2) is 38.8 Å². The average Bonchev–Trinajstić information content (AvgIpc) is 3.04. The SMILES string of the molecule is CC(F)(F)Sc1ncc(Br)n1-c1ccc(C#N)c2ccccc12.O=CNCC(=O)O. The van der Waals surface area contributed by atoms with Gasteiger partial charge in [-0.05, 0) is 39.8 Å². The smallest absolute Gasteiger partial charge is 0.322 e. The zero-order valence-electron chi connectivity index (χ0n) is 15.5. The minimum atomic E-state index is -2.94. The molecule has 0 aliphatic heterocycles. The van der Waals surface area contributed by atoms with E-state index < -0.39 is 11.2 Å². The van der Waals surface area contributed by atoms with Gasteiger partial charge >= 0.3 is 5.97 Å². The molecule has 11 heteroatoms. The molecule has 1 amide bonds. The van der Waals surface area contributed by atoms with Crippen LogP contribution in [0.1, 0.15) is 12.5 Å². The van der Waals surface area contributed by atoms with Gasteiger partial charge in [0.1, 0.15) is 11.1 Å². The first-order valence-corrected chi connectivity index (χ1v) is 9.90. The quantitative estimate of drug-likeness (QED) is 0.391. The van der Waals surface area contributed by atoms with E-state index in [0.717, 1.165) is 17.7 Å². The van der Waals surface area contributed by atoms with Gasteiger partial charge in [0.2, 0.25) is 6.41 Å². The maximum absolute atomic E-state index is 13.4. The van der Waals surface area contributed by atoms with Crippen molar-refractivity contribution in [2.45, 2.75) is 17.3 Å². The number of amides is 1. The summed E-state index contributed by atoms with van der Waals surface area (Å²) in [7, 11) is 0. The van der Waals surface area contributed by atoms with Crippen molar-refractivity contribution in [2.75, 3.05) is 6.54 Å². The number of hydrogen-bond donors (Lipinski definition) is 2. The Morgan fingerprint density at radius 2 is 2.03 bits per heavy atom. The molecule has 30 heavy (non-hydrogen) atoms. The second-order valence-electron chi connectivity index (χ2n) is 5.79. The van der Waals surface area contributed by atoms with Gasteiger partial charge in [-0.1, -0.05) is 24.3 Å². The molecule has 0 atom stereocenters. The fourth-order valence-electron chi connectivity index (χ4n) is 2.47. The summed E-state index contributed by atoms with van der Waals surface area (Å²) in [5.74, 6) is -1.04. The molecular weight excluding hydrogens is 482 g/mol. The molecule has 0 saturated carbocycles. The van der Waals surface area contributed by atoms with Crippen molar-refractivity contribution in [3.63, 3.8) is 0 Å². The van der Waals surface area contributed by atoms with Crippen molar-refractivity contribution in [1.29, 1.82) is 5.26 Å². The number of fused-ring (bicyclic) bond motifs is 1. The Kier molecular flexibility index (Phi) is 7.91. The highest BCUT2D eigenvalue weighted by Gasteiger charge is 2.27. The Bertz CT molecular complexity index is 1110. The lowest BCUT2D eigenvalue weighted by molar-refractivity contribution is -0.136. The summed E-state index contributed by atoms with van der Waals surface area (Å²) in [6.45, 7) is 0.533. The van der Waals surface area contributed by atoms with Crippen molar-refractivity contribution in [1.82, 2.24) is 14.9 Å². The third-order valence-electron chi connectivity index (χ3n) is 3.56. The first-order chi connectivity index (χ1) is 14.2. The van der Waals surface area contributed by atoms with E-state index in [1.807, 2.05) is 29.6 Å². The van der Waals surface area contributed by atoms with Crippen LogP contribution in [-0.2, 0) is 9.59 Å². The largest absolute Gasteiger partial charge is 0.480 e. The van der Waals surface area contributed by atoms with Gasteiger partial charge < -0.3 is 10.4 Å². The summed E-state index contributed by atoms with van der Waals surface area (Å²) in [6.07, 6.45) is 1.83. The Morgan fingerprint density at radius 1 is 1.37 bits per heavy atom. The zero-order valence-corrected chi connectivity index (χ0v) is 17.9. The predicted octanol–water partition coefficient (Wildman–Crippen LogP) is 4.18. The summed E-state index contributed by atoms with van der Waals surface area (Å²) in [6, 6.07) is 13.0. The first-order valence-electron chi connectivity index (χ1n) is 8.29. The molecule has 1 heterocycles. The van der Waals surface area contributed by atoms with Gasteiger partial charge in [0.15, 0.2) is 5.16 Å². The van der Waals surface area contributed by atoms with Crippen LogP contribution in [0.15, 0.2) is 52.4 Å². The number of aromatic nitrogens is 2. The number of nitriles is 1. The van der Waals surface area contributed by atoms with Gasteiger partial charge in [0, 0.05) is 17.7 Å². The number of carbonyl (C=O) groups excluding carboxylic acids is 1. The summed E-state index contributed by atoms with van der Waals surface area (Å²) in [5, 5.41) is 17.8. The van der Waals surface area contributed by atoms with Crippen molar-refractivity contribution >= 4 is 50.8 Å². The average molecular weight is 497 g/mol. The third-order valence-corrected chi connectivity index (χ3v) is 4.94. The first kappa shape index (κ1) is 23.3. The Labute approximate surface area is 182 Å². The lowest BCUT2D eigenvalue weighted by Gasteiger charge is -2.15. The van der Waals surface area contributed by atoms with Crippen molar-refractivity contribution < 1.29 is 23.5 Å². The van der Waals surface area contributed by atoms with Crippen LogP contribution in [0.3, 0.4) is 0 Å². The van der Waals surface area contributed by atoms with E-state index >= 15 is 0 Å². The zero-order chi connectivity index (χ0) is 22.3. The molecule has 3 rings (SSSR count). The fraction of sp³-hybridized carbons (Fsp3) is 0.158. The van der Waals surface area contributed by atoms with Crippen LogP contribution in [0.5, 0.6) is 0 Å². The maximum Gasteiger partial charge on any atom is 0.322 e. The van der Waals surface area contributed by atoms with E-state index in [1.54, 1.807) is 16.7 Å². The van der Waals surface area contributed by atoms with E-state index in [1.165, 1.54) is 6.20 Å². The molecule has 0 saturated heterocycles. The van der Waals surface area contributed by atoms with Crippen LogP contribution in [0.25, 0.3) is 16.5 Å². The van der Waals surface area contributed by atoms with Crippen molar-refractivity contribution in [2.24, 2.45) is 0 Å². The molecule has 0 unspecified atom stereocenters. The molecule has 3 aromatic rings. The minimum absolute atomic E-state index is 0.180. The molecule has 0 fully saturated rings. The topological polar surface area (TPSA) is 108 Å². The molecule has 0 bridgehead atoms. The van der Waals surface area contributed by atoms with E-state index in [9.17, 15) is 23.6 Å². The number of benzene rings is 2. The van der Waals surface area contributed by atoms with Gasteiger partial charge in [-0.15, -0.1) is 0 Å². The van der Waals surface area contributed by atoms with Crippen LogP contribution in [0.2, 0.25) is 0 Å². The molecule has 0 aliphatic carbocycles. The molecule has 1 aromatic heterocycles. The van der Waals surface area contributed by atoms with Crippen molar-refractivity contribution in [3.8, 4) is 11.8 Å². The number of thioether (sulfide) groups is 1. The number of nitrogens with zero attached hydrogens (tertiary/aromatic N) is 3. The van der Waals surface area contributed by atoms with E-state index in [2.05, 4.69) is 27.0 Å². The number of rotatable bonds is 6. The number of imidazole rings is 1. The molecular formula is C19H15BrF2N4O3S. The van der Waals surface area contributed by atoms with E-state index in [-0.39, 0.29) is 11.7 Å². The number of halogens is 3. The molecule has 2 N–H and O–H groups in total. The summed E-state index contributed by atoms with van der Waals surface area (Å²) < 4.78 is 29.0. The fourth-order valence-corrected chi connectivity index (χ4v) is 3.76. The summed E-state index contributed by atoms with van der Waals surface area (Å²) in [5.41, 5.74) is 1.23. The minimum Gasteiger partial charge on any atom is -0.480 e.